The molecule has 0 saturated heterocycles. The number of aryl methyl sites for hydroxylation is 2. The molecular weight excluding hydrogens is 296 g/mol. The van der Waals surface area contributed by atoms with Crippen LogP contribution in [0.3, 0.4) is 0 Å². The van der Waals surface area contributed by atoms with E-state index in [9.17, 15) is 14.4 Å². The molecule has 0 fully saturated rings. The van der Waals surface area contributed by atoms with Gasteiger partial charge in [-0.15, -0.1) is 0 Å². The van der Waals surface area contributed by atoms with Crippen molar-refractivity contribution in [3.8, 4) is 0 Å². The van der Waals surface area contributed by atoms with Gasteiger partial charge in [-0.1, -0.05) is 0 Å². The molecule has 6 nitrogen and oxygen atoms in total. The van der Waals surface area contributed by atoms with Crippen LogP contribution in [0.25, 0.3) is 0 Å². The fraction of sp³-hybridized carbons (Fsp3) is 0.353. The van der Waals surface area contributed by atoms with E-state index in [4.69, 9.17) is 4.42 Å². The molecule has 0 aromatic carbocycles. The van der Waals surface area contributed by atoms with Crippen LogP contribution in [-0.2, 0) is 12.8 Å². The van der Waals surface area contributed by atoms with Crippen molar-refractivity contribution in [3.05, 3.63) is 57.4 Å². The summed E-state index contributed by atoms with van der Waals surface area (Å²) in [6, 6.07) is 5.12. The second kappa shape index (κ2) is 6.64. The Morgan fingerprint density at radius 3 is 2.96 bits per heavy atom. The number of hydrogen-bond donors (Lipinski definition) is 2. The third-order valence-electron chi connectivity index (χ3n) is 3.96. The van der Waals surface area contributed by atoms with Gasteiger partial charge in [0.15, 0.2) is 5.78 Å². The predicted octanol–water partition coefficient (Wildman–Crippen LogP) is 1.85. The highest BCUT2D eigenvalue weighted by Crippen LogP contribution is 2.18. The maximum Gasteiger partial charge on any atom is 0.261 e. The van der Waals surface area contributed by atoms with Gasteiger partial charge in [-0.3, -0.25) is 14.4 Å². The van der Waals surface area contributed by atoms with Gasteiger partial charge >= 0.3 is 0 Å². The number of ketones is 1. The van der Waals surface area contributed by atoms with Gasteiger partial charge in [-0.25, -0.2) is 0 Å². The van der Waals surface area contributed by atoms with Gasteiger partial charge in [0.05, 0.1) is 6.26 Å². The zero-order chi connectivity index (χ0) is 16.2. The predicted molar refractivity (Wildman–Crippen MR) is 83.7 cm³/mol. The van der Waals surface area contributed by atoms with Crippen LogP contribution in [0.1, 0.15) is 51.4 Å². The Bertz CT molecular complexity index is 774. The summed E-state index contributed by atoms with van der Waals surface area (Å²) in [6.45, 7) is 0.435. The summed E-state index contributed by atoms with van der Waals surface area (Å²) in [5.74, 6) is 0.387. The van der Waals surface area contributed by atoms with Crippen LogP contribution in [0, 0.1) is 0 Å². The molecule has 2 aromatic rings. The highest BCUT2D eigenvalue weighted by molar-refractivity contribution is 6.01. The van der Waals surface area contributed by atoms with E-state index < -0.39 is 11.5 Å². The van der Waals surface area contributed by atoms with Crippen LogP contribution < -0.4 is 10.9 Å². The van der Waals surface area contributed by atoms with Crippen LogP contribution >= 0.6 is 0 Å². The summed E-state index contributed by atoms with van der Waals surface area (Å²) in [4.78, 5) is 38.7. The number of aromatic amines is 1. The molecule has 2 aromatic heterocycles. The summed E-state index contributed by atoms with van der Waals surface area (Å²) in [5, 5.41) is 2.71. The summed E-state index contributed by atoms with van der Waals surface area (Å²) in [7, 11) is 0. The van der Waals surface area contributed by atoms with E-state index in [0.29, 0.717) is 43.5 Å². The minimum atomic E-state index is -0.452. The standard InChI is InChI=1S/C17H18N2O4/c20-15-7-1-6-14-12(15)10-13(17(22)19-14)16(21)18-8-2-4-11-5-3-9-23-11/h3,5,9-10H,1-2,4,6-8H2,(H,18,21)(H,19,22). The van der Waals surface area contributed by atoms with E-state index in [1.807, 2.05) is 12.1 Å². The molecule has 1 aliphatic carbocycles. The Hall–Kier alpha value is -2.63. The van der Waals surface area contributed by atoms with Gasteiger partial charge in [-0.05, 0) is 37.5 Å². The van der Waals surface area contributed by atoms with Crippen molar-refractivity contribution >= 4 is 11.7 Å². The lowest BCUT2D eigenvalue weighted by Crippen LogP contribution is -2.32. The largest absolute Gasteiger partial charge is 0.469 e. The topological polar surface area (TPSA) is 92.2 Å². The molecule has 1 aliphatic rings. The number of hydrogen-bond acceptors (Lipinski definition) is 4. The number of pyridine rings is 1. The Labute approximate surface area is 132 Å². The fourth-order valence-electron chi connectivity index (χ4n) is 2.76. The summed E-state index contributed by atoms with van der Waals surface area (Å²) in [6.07, 6.45) is 4.90. The monoisotopic (exact) mass is 314 g/mol. The zero-order valence-corrected chi connectivity index (χ0v) is 12.7. The number of H-pyrrole nitrogens is 1. The average Bonchev–Trinajstić information content (AvgIpc) is 3.04. The van der Waals surface area contributed by atoms with Crippen molar-refractivity contribution in [2.75, 3.05) is 6.54 Å². The van der Waals surface area contributed by atoms with Crippen LogP contribution in [0.4, 0.5) is 0 Å². The highest BCUT2D eigenvalue weighted by atomic mass is 16.3. The summed E-state index contributed by atoms with van der Waals surface area (Å²) >= 11 is 0. The van der Waals surface area contributed by atoms with Gasteiger partial charge < -0.3 is 14.7 Å². The Kier molecular flexibility index (Phi) is 4.41. The Morgan fingerprint density at radius 1 is 1.30 bits per heavy atom. The van der Waals surface area contributed by atoms with Crippen molar-refractivity contribution in [2.45, 2.75) is 32.1 Å². The van der Waals surface area contributed by atoms with Crippen molar-refractivity contribution in [2.24, 2.45) is 0 Å². The SMILES string of the molecule is O=C1CCCc2[nH]c(=O)c(C(=O)NCCCc3ccco3)cc21. The van der Waals surface area contributed by atoms with E-state index in [1.165, 1.54) is 6.07 Å². The van der Waals surface area contributed by atoms with Crippen LogP contribution in [0.2, 0.25) is 0 Å². The zero-order valence-electron chi connectivity index (χ0n) is 12.7. The molecular formula is C17H18N2O4. The first-order valence-electron chi connectivity index (χ1n) is 7.75. The Morgan fingerprint density at radius 2 is 2.17 bits per heavy atom. The summed E-state index contributed by atoms with van der Waals surface area (Å²) < 4.78 is 5.21. The third kappa shape index (κ3) is 3.41. The van der Waals surface area contributed by atoms with E-state index in [2.05, 4.69) is 10.3 Å². The number of amides is 1. The molecule has 0 unspecified atom stereocenters. The van der Waals surface area contributed by atoms with E-state index in [1.54, 1.807) is 6.26 Å². The van der Waals surface area contributed by atoms with Crippen LogP contribution in [-0.4, -0.2) is 23.2 Å². The molecule has 0 spiro atoms. The Balaban J connectivity index is 1.64. The number of fused-ring (bicyclic) bond motifs is 1. The number of Topliss-reactive ketones (excluding diaryl/α,β-unsaturated/α-hetero) is 1. The molecule has 2 heterocycles. The van der Waals surface area contributed by atoms with Crippen LogP contribution in [0.5, 0.6) is 0 Å². The van der Waals surface area contributed by atoms with Gasteiger partial charge in [0.1, 0.15) is 11.3 Å². The van der Waals surface area contributed by atoms with E-state index >= 15 is 0 Å². The van der Waals surface area contributed by atoms with Crippen molar-refractivity contribution in [3.63, 3.8) is 0 Å². The maximum atomic E-state index is 12.2. The van der Waals surface area contributed by atoms with E-state index in [0.717, 1.165) is 12.2 Å². The molecule has 2 N–H and O–H groups in total. The lowest BCUT2D eigenvalue weighted by atomic mass is 9.93. The molecule has 0 bridgehead atoms. The first kappa shape index (κ1) is 15.3. The molecule has 0 saturated carbocycles. The second-order valence-electron chi connectivity index (χ2n) is 5.62. The lowest BCUT2D eigenvalue weighted by molar-refractivity contribution is 0.0951. The molecule has 0 aliphatic heterocycles. The fourth-order valence-corrected chi connectivity index (χ4v) is 2.76. The van der Waals surface area contributed by atoms with Gasteiger partial charge in [0.25, 0.3) is 11.5 Å². The number of carbonyl (C=O) groups excluding carboxylic acids is 2. The molecule has 6 heteroatoms. The normalized spacial score (nSPS) is 13.7. The number of rotatable bonds is 5. The number of aromatic nitrogens is 1. The minimum absolute atomic E-state index is 0.00278. The van der Waals surface area contributed by atoms with E-state index in [-0.39, 0.29) is 11.3 Å². The van der Waals surface area contributed by atoms with Gasteiger partial charge in [-0.2, -0.15) is 0 Å². The first-order valence-corrected chi connectivity index (χ1v) is 7.75. The number of carbonyl (C=O) groups is 2. The maximum absolute atomic E-state index is 12.2. The molecule has 0 radical (unpaired) electrons. The lowest BCUT2D eigenvalue weighted by Gasteiger charge is -2.15. The molecule has 3 rings (SSSR count). The number of furan rings is 1. The molecule has 23 heavy (non-hydrogen) atoms. The highest BCUT2D eigenvalue weighted by Gasteiger charge is 2.21. The molecule has 1 amide bonds. The number of nitrogens with one attached hydrogen (secondary N) is 2. The van der Waals surface area contributed by atoms with Gasteiger partial charge in [0.2, 0.25) is 0 Å². The van der Waals surface area contributed by atoms with Crippen molar-refractivity contribution < 1.29 is 14.0 Å². The third-order valence-corrected chi connectivity index (χ3v) is 3.96. The second-order valence-corrected chi connectivity index (χ2v) is 5.62. The molecule has 0 atom stereocenters. The minimum Gasteiger partial charge on any atom is -0.469 e. The molecule has 120 valence electrons. The smallest absolute Gasteiger partial charge is 0.261 e. The average molecular weight is 314 g/mol. The van der Waals surface area contributed by atoms with Gasteiger partial charge in [0, 0.05) is 30.6 Å². The quantitative estimate of drug-likeness (QED) is 0.824. The first-order chi connectivity index (χ1) is 11.1. The van der Waals surface area contributed by atoms with Crippen molar-refractivity contribution in [1.82, 2.24) is 10.3 Å². The van der Waals surface area contributed by atoms with Crippen molar-refractivity contribution in [1.29, 1.82) is 0 Å². The summed E-state index contributed by atoms with van der Waals surface area (Å²) in [5.41, 5.74) is 0.663. The van der Waals surface area contributed by atoms with Crippen LogP contribution in [0.15, 0.2) is 33.7 Å².